The maximum atomic E-state index is 13.1. The number of nitrogens with two attached hydrogens (primary N) is 5. The molecule has 0 aliphatic heterocycles. The first-order chi connectivity index (χ1) is 17.9. The minimum atomic E-state index is -1.30. The molecule has 0 aromatic rings. The summed E-state index contributed by atoms with van der Waals surface area (Å²) in [5.41, 5.74) is 27.2. The van der Waals surface area contributed by atoms with Crippen LogP contribution in [0.4, 0.5) is 0 Å². The first kappa shape index (κ1) is 34.9. The molecule has 0 rings (SSSR count). The average Bonchev–Trinajstić information content (AvgIpc) is 2.85. The number of thioether (sulfide) groups is 1. The molecule has 14 N–H and O–H groups in total. The Bertz CT molecular complexity index is 810. The van der Waals surface area contributed by atoms with Crippen LogP contribution in [-0.4, -0.2) is 89.9 Å². The van der Waals surface area contributed by atoms with Gasteiger partial charge in [0, 0.05) is 13.0 Å². The maximum Gasteiger partial charge on any atom is 0.326 e. The lowest BCUT2D eigenvalue weighted by atomic mass is 10.0. The van der Waals surface area contributed by atoms with Gasteiger partial charge in [-0.25, -0.2) is 4.79 Å². The van der Waals surface area contributed by atoms with Crippen molar-refractivity contribution < 1.29 is 29.1 Å². The summed E-state index contributed by atoms with van der Waals surface area (Å²) in [6.07, 6.45) is 3.50. The van der Waals surface area contributed by atoms with E-state index in [2.05, 4.69) is 20.9 Å². The van der Waals surface area contributed by atoms with Crippen molar-refractivity contribution >= 4 is 47.3 Å². The lowest BCUT2D eigenvalue weighted by Crippen LogP contribution is -2.57. The summed E-state index contributed by atoms with van der Waals surface area (Å²) < 4.78 is 0. The minimum absolute atomic E-state index is 0.0139. The number of carbonyl (C=O) groups excluding carboxylic acids is 4. The van der Waals surface area contributed by atoms with Gasteiger partial charge >= 0.3 is 5.97 Å². The number of rotatable bonds is 21. The van der Waals surface area contributed by atoms with Gasteiger partial charge in [0.15, 0.2) is 5.96 Å². The summed E-state index contributed by atoms with van der Waals surface area (Å²) in [7, 11) is 0. The molecule has 0 spiro atoms. The SMILES string of the molecule is CSCCC(N)C(=O)NC(CCCCN)C(=O)NC(CCC(N)=O)C(=O)NC(CCCN=C(N)N)C(=O)O. The molecule has 0 fully saturated rings. The standard InChI is InChI=1S/C22H43N9O6S/c1-38-12-9-13(24)18(33)29-14(5-2-3-10-23)19(34)30-15(7-8-17(25)32)20(35)31-16(21(36)37)6-4-11-28-22(26)27/h13-16H,2-12,23-24H2,1H3,(H2,25,32)(H,29,33)(H,30,34)(H,31,35)(H,36,37)(H4,26,27,28). The van der Waals surface area contributed by atoms with Gasteiger partial charge in [-0.15, -0.1) is 0 Å². The zero-order chi connectivity index (χ0) is 29.1. The molecule has 38 heavy (non-hydrogen) atoms. The molecule has 0 aromatic carbocycles. The number of carboxylic acid groups (broad SMARTS) is 1. The molecule has 0 aliphatic carbocycles. The van der Waals surface area contributed by atoms with Crippen LogP contribution >= 0.6 is 11.8 Å². The highest BCUT2D eigenvalue weighted by Crippen LogP contribution is 2.07. The summed E-state index contributed by atoms with van der Waals surface area (Å²) in [5, 5.41) is 17.0. The van der Waals surface area contributed by atoms with Crippen LogP contribution in [0.25, 0.3) is 0 Å². The van der Waals surface area contributed by atoms with Crippen molar-refractivity contribution in [3.05, 3.63) is 0 Å². The van der Waals surface area contributed by atoms with Gasteiger partial charge in [0.1, 0.15) is 18.1 Å². The van der Waals surface area contributed by atoms with Gasteiger partial charge in [-0.1, -0.05) is 0 Å². The fourth-order valence-electron chi connectivity index (χ4n) is 3.28. The maximum absolute atomic E-state index is 13.1. The Morgan fingerprint density at radius 3 is 1.89 bits per heavy atom. The third kappa shape index (κ3) is 15.9. The van der Waals surface area contributed by atoms with Crippen molar-refractivity contribution in [2.24, 2.45) is 33.7 Å². The summed E-state index contributed by atoms with van der Waals surface area (Å²) in [6.45, 7) is 0.548. The topological polar surface area (TPSA) is 284 Å². The van der Waals surface area contributed by atoms with Crippen molar-refractivity contribution in [1.29, 1.82) is 0 Å². The quantitative estimate of drug-likeness (QED) is 0.0388. The van der Waals surface area contributed by atoms with E-state index >= 15 is 0 Å². The minimum Gasteiger partial charge on any atom is -0.480 e. The number of guanidine groups is 1. The molecular weight excluding hydrogens is 518 g/mol. The summed E-state index contributed by atoms with van der Waals surface area (Å²) in [6, 6.07) is -4.42. The van der Waals surface area contributed by atoms with E-state index in [0.717, 1.165) is 0 Å². The predicted molar refractivity (Wildman–Crippen MR) is 146 cm³/mol. The number of nitrogens with one attached hydrogen (secondary N) is 3. The lowest BCUT2D eigenvalue weighted by Gasteiger charge is -2.25. The van der Waals surface area contributed by atoms with Crippen molar-refractivity contribution in [2.45, 2.75) is 75.5 Å². The van der Waals surface area contributed by atoms with Crippen LogP contribution in [0.1, 0.15) is 51.4 Å². The number of aliphatic carboxylic acids is 1. The molecule has 0 saturated carbocycles. The lowest BCUT2D eigenvalue weighted by molar-refractivity contribution is -0.142. The Morgan fingerprint density at radius 1 is 0.816 bits per heavy atom. The molecule has 16 heteroatoms. The van der Waals surface area contributed by atoms with E-state index in [-0.39, 0.29) is 44.6 Å². The molecule has 0 bridgehead atoms. The third-order valence-electron chi connectivity index (χ3n) is 5.42. The first-order valence-electron chi connectivity index (χ1n) is 12.3. The second kappa shape index (κ2) is 19.9. The Morgan fingerprint density at radius 2 is 1.37 bits per heavy atom. The molecule has 0 aliphatic rings. The Labute approximate surface area is 226 Å². The number of nitrogens with zero attached hydrogens (tertiary/aromatic N) is 1. The Hall–Kier alpha value is -3.11. The van der Waals surface area contributed by atoms with Gasteiger partial charge < -0.3 is 49.7 Å². The van der Waals surface area contributed by atoms with E-state index < -0.39 is 53.8 Å². The summed E-state index contributed by atoms with van der Waals surface area (Å²) in [5.74, 6) is -3.52. The van der Waals surface area contributed by atoms with Gasteiger partial charge in [-0.3, -0.25) is 24.2 Å². The van der Waals surface area contributed by atoms with Gasteiger partial charge in [-0.05, 0) is 63.5 Å². The first-order valence-corrected chi connectivity index (χ1v) is 13.7. The van der Waals surface area contributed by atoms with Gasteiger partial charge in [0.05, 0.1) is 6.04 Å². The summed E-state index contributed by atoms with van der Waals surface area (Å²) >= 11 is 1.53. The third-order valence-corrected chi connectivity index (χ3v) is 6.07. The fourth-order valence-corrected chi connectivity index (χ4v) is 3.77. The highest BCUT2D eigenvalue weighted by molar-refractivity contribution is 7.98. The smallest absolute Gasteiger partial charge is 0.326 e. The molecule has 4 unspecified atom stereocenters. The van der Waals surface area contributed by atoms with Crippen LogP contribution in [0.2, 0.25) is 0 Å². The van der Waals surface area contributed by atoms with E-state index in [1.165, 1.54) is 11.8 Å². The molecule has 0 saturated heterocycles. The van der Waals surface area contributed by atoms with E-state index in [0.29, 0.717) is 31.6 Å². The van der Waals surface area contributed by atoms with Crippen molar-refractivity contribution in [1.82, 2.24) is 16.0 Å². The zero-order valence-electron chi connectivity index (χ0n) is 21.8. The zero-order valence-corrected chi connectivity index (χ0v) is 22.6. The Balaban J connectivity index is 5.53. The number of carbonyl (C=O) groups is 5. The number of carboxylic acids is 1. The van der Waals surface area contributed by atoms with E-state index in [4.69, 9.17) is 28.7 Å². The fraction of sp³-hybridized carbons (Fsp3) is 0.727. The molecule has 15 nitrogen and oxygen atoms in total. The number of aliphatic imine (C=N–C) groups is 1. The van der Waals surface area contributed by atoms with Crippen LogP contribution in [0, 0.1) is 0 Å². The molecule has 218 valence electrons. The molecule has 4 amide bonds. The summed E-state index contributed by atoms with van der Waals surface area (Å²) in [4.78, 5) is 65.4. The van der Waals surface area contributed by atoms with E-state index in [1.54, 1.807) is 0 Å². The van der Waals surface area contributed by atoms with Crippen molar-refractivity contribution in [3.8, 4) is 0 Å². The number of primary amides is 1. The number of unbranched alkanes of at least 4 members (excludes halogenated alkanes) is 1. The van der Waals surface area contributed by atoms with Crippen LogP contribution in [0.5, 0.6) is 0 Å². The van der Waals surface area contributed by atoms with Gasteiger partial charge in [0.2, 0.25) is 23.6 Å². The number of amides is 4. The Kier molecular flexibility index (Phi) is 18.3. The monoisotopic (exact) mass is 561 g/mol. The second-order valence-electron chi connectivity index (χ2n) is 8.65. The predicted octanol–water partition coefficient (Wildman–Crippen LogP) is -2.95. The highest BCUT2D eigenvalue weighted by Gasteiger charge is 2.30. The average molecular weight is 562 g/mol. The number of hydrogen-bond acceptors (Lipinski definition) is 9. The number of hydrogen-bond donors (Lipinski definition) is 9. The van der Waals surface area contributed by atoms with Gasteiger partial charge in [0.25, 0.3) is 0 Å². The van der Waals surface area contributed by atoms with E-state index in [1.807, 2.05) is 6.26 Å². The van der Waals surface area contributed by atoms with Crippen LogP contribution in [-0.2, 0) is 24.0 Å². The van der Waals surface area contributed by atoms with Crippen LogP contribution in [0.15, 0.2) is 4.99 Å². The van der Waals surface area contributed by atoms with Crippen LogP contribution in [0.3, 0.4) is 0 Å². The normalized spacial score (nSPS) is 13.9. The molecular formula is C22H43N9O6S. The molecule has 0 radical (unpaired) electrons. The van der Waals surface area contributed by atoms with Crippen molar-refractivity contribution in [3.63, 3.8) is 0 Å². The highest BCUT2D eigenvalue weighted by atomic mass is 32.2. The molecule has 0 heterocycles. The molecule has 0 aromatic heterocycles. The van der Waals surface area contributed by atoms with Crippen LogP contribution < -0.4 is 44.6 Å². The van der Waals surface area contributed by atoms with E-state index in [9.17, 15) is 29.1 Å². The molecule has 4 atom stereocenters. The second-order valence-corrected chi connectivity index (χ2v) is 9.63. The van der Waals surface area contributed by atoms with Crippen molar-refractivity contribution in [2.75, 3.05) is 25.1 Å². The van der Waals surface area contributed by atoms with Gasteiger partial charge in [-0.2, -0.15) is 11.8 Å². The largest absolute Gasteiger partial charge is 0.480 e.